The quantitative estimate of drug-likeness (QED) is 0.690. The molecule has 0 saturated heterocycles. The standard InChI is InChI=1S/C13H19NO/c1-13(2,3)11-9-7-6-8-10(11)12(15)14(4)5/h6-9H,1-5H3. The highest BCUT2D eigenvalue weighted by atomic mass is 16.2. The van der Waals surface area contributed by atoms with Crippen molar-refractivity contribution in [3.63, 3.8) is 0 Å². The van der Waals surface area contributed by atoms with Gasteiger partial charge in [-0.25, -0.2) is 0 Å². The summed E-state index contributed by atoms with van der Waals surface area (Å²) < 4.78 is 0. The van der Waals surface area contributed by atoms with Gasteiger partial charge in [-0.1, -0.05) is 39.0 Å². The van der Waals surface area contributed by atoms with Crippen molar-refractivity contribution in [3.8, 4) is 0 Å². The van der Waals surface area contributed by atoms with Gasteiger partial charge in [-0.3, -0.25) is 4.79 Å². The summed E-state index contributed by atoms with van der Waals surface area (Å²) in [7, 11) is 3.56. The van der Waals surface area contributed by atoms with Crippen LogP contribution in [0.4, 0.5) is 0 Å². The van der Waals surface area contributed by atoms with Gasteiger partial charge < -0.3 is 4.90 Å². The molecule has 1 aromatic rings. The molecule has 0 unspecified atom stereocenters. The zero-order chi connectivity index (χ0) is 11.6. The normalized spacial score (nSPS) is 11.3. The number of nitrogens with zero attached hydrogens (tertiary/aromatic N) is 1. The van der Waals surface area contributed by atoms with Crippen LogP contribution >= 0.6 is 0 Å². The Kier molecular flexibility index (Phi) is 3.18. The van der Waals surface area contributed by atoms with Crippen LogP contribution in [-0.2, 0) is 5.41 Å². The molecule has 0 radical (unpaired) electrons. The molecule has 15 heavy (non-hydrogen) atoms. The summed E-state index contributed by atoms with van der Waals surface area (Å²) in [4.78, 5) is 13.6. The molecule has 0 heterocycles. The highest BCUT2D eigenvalue weighted by Gasteiger charge is 2.21. The topological polar surface area (TPSA) is 20.3 Å². The Bertz CT molecular complexity index is 361. The van der Waals surface area contributed by atoms with E-state index in [4.69, 9.17) is 0 Å². The van der Waals surface area contributed by atoms with Gasteiger partial charge in [0.25, 0.3) is 5.91 Å². The van der Waals surface area contributed by atoms with Crippen LogP contribution in [-0.4, -0.2) is 24.9 Å². The number of carbonyl (C=O) groups excluding carboxylic acids is 1. The van der Waals surface area contributed by atoms with Crippen molar-refractivity contribution < 1.29 is 4.79 Å². The summed E-state index contributed by atoms with van der Waals surface area (Å²) >= 11 is 0. The van der Waals surface area contributed by atoms with E-state index in [2.05, 4.69) is 20.8 Å². The van der Waals surface area contributed by atoms with Crippen molar-refractivity contribution in [1.82, 2.24) is 4.90 Å². The molecule has 82 valence electrons. The number of hydrogen-bond donors (Lipinski definition) is 0. The lowest BCUT2D eigenvalue weighted by Crippen LogP contribution is -2.26. The van der Waals surface area contributed by atoms with Gasteiger partial charge in [-0.2, -0.15) is 0 Å². The predicted octanol–water partition coefficient (Wildman–Crippen LogP) is 2.69. The third kappa shape index (κ3) is 2.58. The Morgan fingerprint density at radius 2 is 1.67 bits per heavy atom. The van der Waals surface area contributed by atoms with E-state index in [0.717, 1.165) is 11.1 Å². The second kappa shape index (κ2) is 4.05. The zero-order valence-electron chi connectivity index (χ0n) is 10.2. The van der Waals surface area contributed by atoms with Gasteiger partial charge in [0.1, 0.15) is 0 Å². The van der Waals surface area contributed by atoms with Crippen LogP contribution in [0.25, 0.3) is 0 Å². The van der Waals surface area contributed by atoms with Gasteiger partial charge in [-0.15, -0.1) is 0 Å². The van der Waals surface area contributed by atoms with Crippen LogP contribution in [0.5, 0.6) is 0 Å². The molecule has 0 N–H and O–H groups in total. The third-order valence-corrected chi connectivity index (χ3v) is 2.37. The molecule has 0 aromatic heterocycles. The smallest absolute Gasteiger partial charge is 0.253 e. The van der Waals surface area contributed by atoms with E-state index in [-0.39, 0.29) is 11.3 Å². The Balaban J connectivity index is 3.25. The summed E-state index contributed by atoms with van der Waals surface area (Å²) in [5.74, 6) is 0.0699. The molecule has 0 aliphatic rings. The fraction of sp³-hybridized carbons (Fsp3) is 0.462. The van der Waals surface area contributed by atoms with Gasteiger partial charge in [0.2, 0.25) is 0 Å². The van der Waals surface area contributed by atoms with Gasteiger partial charge in [0.05, 0.1) is 0 Å². The highest BCUT2D eigenvalue weighted by Crippen LogP contribution is 2.26. The highest BCUT2D eigenvalue weighted by molar-refractivity contribution is 5.95. The van der Waals surface area contributed by atoms with Gasteiger partial charge in [0.15, 0.2) is 0 Å². The van der Waals surface area contributed by atoms with Crippen molar-refractivity contribution >= 4 is 5.91 Å². The van der Waals surface area contributed by atoms with Crippen molar-refractivity contribution in [2.45, 2.75) is 26.2 Å². The predicted molar refractivity (Wildman–Crippen MR) is 63.2 cm³/mol. The summed E-state index contributed by atoms with van der Waals surface area (Å²) in [6.45, 7) is 6.36. The minimum atomic E-state index is 0.00225. The number of benzene rings is 1. The summed E-state index contributed by atoms with van der Waals surface area (Å²) in [5.41, 5.74) is 1.90. The zero-order valence-corrected chi connectivity index (χ0v) is 10.2. The molecule has 0 bridgehead atoms. The Labute approximate surface area is 91.9 Å². The van der Waals surface area contributed by atoms with Crippen LogP contribution in [0, 0.1) is 0 Å². The lowest BCUT2D eigenvalue weighted by molar-refractivity contribution is 0.0825. The second-order valence-electron chi connectivity index (χ2n) is 5.00. The van der Waals surface area contributed by atoms with Crippen LogP contribution in [0.1, 0.15) is 36.7 Å². The number of rotatable bonds is 1. The third-order valence-electron chi connectivity index (χ3n) is 2.37. The SMILES string of the molecule is CN(C)C(=O)c1ccccc1C(C)(C)C. The summed E-state index contributed by atoms with van der Waals surface area (Å²) in [6, 6.07) is 7.80. The Morgan fingerprint density at radius 1 is 1.13 bits per heavy atom. The molecule has 1 rings (SSSR count). The molecule has 0 saturated carbocycles. The fourth-order valence-corrected chi connectivity index (χ4v) is 1.56. The van der Waals surface area contributed by atoms with Gasteiger partial charge in [-0.05, 0) is 17.0 Å². The van der Waals surface area contributed by atoms with Crippen LogP contribution < -0.4 is 0 Å². The van der Waals surface area contributed by atoms with Gasteiger partial charge >= 0.3 is 0 Å². The van der Waals surface area contributed by atoms with E-state index < -0.39 is 0 Å². The van der Waals surface area contributed by atoms with Crippen molar-refractivity contribution in [2.75, 3.05) is 14.1 Å². The monoisotopic (exact) mass is 205 g/mol. The van der Waals surface area contributed by atoms with E-state index >= 15 is 0 Å². The number of carbonyl (C=O) groups is 1. The average molecular weight is 205 g/mol. The lowest BCUT2D eigenvalue weighted by atomic mass is 9.83. The largest absolute Gasteiger partial charge is 0.345 e. The first-order valence-electron chi connectivity index (χ1n) is 5.15. The minimum Gasteiger partial charge on any atom is -0.345 e. The average Bonchev–Trinajstić information content (AvgIpc) is 2.15. The van der Waals surface area contributed by atoms with E-state index in [1.807, 2.05) is 24.3 Å². The Hall–Kier alpha value is -1.31. The first-order valence-corrected chi connectivity index (χ1v) is 5.15. The van der Waals surface area contributed by atoms with Crippen molar-refractivity contribution in [3.05, 3.63) is 35.4 Å². The van der Waals surface area contributed by atoms with Crippen LogP contribution in [0.3, 0.4) is 0 Å². The molecule has 2 heteroatoms. The molecule has 0 aliphatic heterocycles. The first kappa shape index (κ1) is 11.8. The molecular weight excluding hydrogens is 186 g/mol. The minimum absolute atomic E-state index is 0.00225. The van der Waals surface area contributed by atoms with Crippen molar-refractivity contribution in [1.29, 1.82) is 0 Å². The van der Waals surface area contributed by atoms with E-state index in [9.17, 15) is 4.79 Å². The van der Waals surface area contributed by atoms with Crippen LogP contribution in [0.15, 0.2) is 24.3 Å². The van der Waals surface area contributed by atoms with E-state index in [0.29, 0.717) is 0 Å². The fourth-order valence-electron chi connectivity index (χ4n) is 1.56. The Morgan fingerprint density at radius 3 is 2.13 bits per heavy atom. The second-order valence-corrected chi connectivity index (χ2v) is 5.00. The lowest BCUT2D eigenvalue weighted by Gasteiger charge is -2.23. The molecule has 0 spiro atoms. The molecule has 0 atom stereocenters. The number of hydrogen-bond acceptors (Lipinski definition) is 1. The van der Waals surface area contributed by atoms with Gasteiger partial charge in [0, 0.05) is 19.7 Å². The van der Waals surface area contributed by atoms with E-state index in [1.165, 1.54) is 0 Å². The molecule has 0 aliphatic carbocycles. The molecule has 0 fully saturated rings. The maximum Gasteiger partial charge on any atom is 0.253 e. The molecule has 2 nitrogen and oxygen atoms in total. The summed E-state index contributed by atoms with van der Waals surface area (Å²) in [6.07, 6.45) is 0. The summed E-state index contributed by atoms with van der Waals surface area (Å²) in [5, 5.41) is 0. The van der Waals surface area contributed by atoms with Crippen LogP contribution in [0.2, 0.25) is 0 Å². The van der Waals surface area contributed by atoms with E-state index in [1.54, 1.807) is 19.0 Å². The maximum atomic E-state index is 11.9. The first-order chi connectivity index (χ1) is 6.84. The number of amides is 1. The molecule has 1 aromatic carbocycles. The van der Waals surface area contributed by atoms with Crippen molar-refractivity contribution in [2.24, 2.45) is 0 Å². The maximum absolute atomic E-state index is 11.9. The molecular formula is C13H19NO. The molecule has 1 amide bonds.